The Bertz CT molecular complexity index is 6070. The van der Waals surface area contributed by atoms with Gasteiger partial charge in [0.05, 0.1) is 24.6 Å². The van der Waals surface area contributed by atoms with Gasteiger partial charge in [0.15, 0.2) is 0 Å². The van der Waals surface area contributed by atoms with Gasteiger partial charge >= 0.3 is 0 Å². The van der Waals surface area contributed by atoms with Gasteiger partial charge in [0.1, 0.15) is 0 Å². The van der Waals surface area contributed by atoms with Gasteiger partial charge in [-0.05, 0) is 204 Å². The number of nitrogens with zero attached hydrogens (tertiary/aromatic N) is 2. The van der Waals surface area contributed by atoms with Crippen molar-refractivity contribution in [2.24, 2.45) is 0 Å². The van der Waals surface area contributed by atoms with E-state index in [0.29, 0.717) is 0 Å². The molecule has 0 fully saturated rings. The van der Waals surface area contributed by atoms with Crippen LogP contribution in [0.25, 0.3) is 68.1 Å². The molecule has 0 atom stereocenters. The Morgan fingerprint density at radius 2 is 0.534 bits per heavy atom. The highest BCUT2D eigenvalue weighted by molar-refractivity contribution is 6.07. The molecule has 0 unspecified atom stereocenters. The summed E-state index contributed by atoms with van der Waals surface area (Å²) in [5.41, 5.74) is 31.5. The van der Waals surface area contributed by atoms with Gasteiger partial charge in [0, 0.05) is 33.5 Å². The largest absolute Gasteiger partial charge is 0.392 e. The Labute approximate surface area is 683 Å². The Hall–Kier alpha value is -14.3. The Kier molecular flexibility index (Phi) is 24.8. The maximum atomic E-state index is 10.00. The summed E-state index contributed by atoms with van der Waals surface area (Å²) in [6, 6.07) is 137. The summed E-state index contributed by atoms with van der Waals surface area (Å²) in [6.45, 7) is 8.50. The maximum Gasteiger partial charge on any atom is 0.0681 e. The molecule has 0 aliphatic rings. The van der Waals surface area contributed by atoms with Crippen LogP contribution >= 0.6 is 0 Å². The lowest BCUT2D eigenvalue weighted by molar-refractivity contribution is 0.281. The first kappa shape index (κ1) is 77.1. The smallest absolute Gasteiger partial charge is 0.0681 e. The molecule has 0 saturated heterocycles. The van der Waals surface area contributed by atoms with E-state index in [-0.39, 0.29) is 13.2 Å². The first-order valence-electron chi connectivity index (χ1n) is 39.7. The summed E-state index contributed by atoms with van der Waals surface area (Å²) >= 11 is 0. The zero-order chi connectivity index (χ0) is 79.4. The van der Waals surface area contributed by atoms with Gasteiger partial charge in [-0.1, -0.05) is 406 Å². The average Bonchev–Trinajstić information content (AvgIpc) is 0.764. The molecule has 0 heterocycles. The number of benzene rings is 16. The van der Waals surface area contributed by atoms with E-state index < -0.39 is 0 Å². The minimum absolute atomic E-state index is 0.00111. The van der Waals surface area contributed by atoms with Crippen LogP contribution in [0.1, 0.15) is 100 Å². The highest BCUT2D eigenvalue weighted by atomic mass is 16.3. The van der Waals surface area contributed by atoms with Crippen LogP contribution in [-0.4, -0.2) is 10.2 Å². The van der Waals surface area contributed by atoms with Crippen LogP contribution in [0.5, 0.6) is 0 Å². The van der Waals surface area contributed by atoms with Crippen molar-refractivity contribution in [3.05, 3.63) is 525 Å². The van der Waals surface area contributed by atoms with Crippen molar-refractivity contribution in [1.82, 2.24) is 0 Å². The van der Waals surface area contributed by atoms with Crippen molar-refractivity contribution in [2.75, 3.05) is 9.80 Å². The van der Waals surface area contributed by atoms with Gasteiger partial charge in [0.25, 0.3) is 0 Å². The van der Waals surface area contributed by atoms with Crippen molar-refractivity contribution < 1.29 is 10.2 Å². The summed E-state index contributed by atoms with van der Waals surface area (Å²) in [4.78, 5) is 4.69. The number of allylic oxidation sites excluding steroid dienone is 6. The Morgan fingerprint density at radius 1 is 0.250 bits per heavy atom. The van der Waals surface area contributed by atoms with Gasteiger partial charge < -0.3 is 20.0 Å². The van der Waals surface area contributed by atoms with Gasteiger partial charge in [-0.25, -0.2) is 0 Å². The second-order valence-corrected chi connectivity index (χ2v) is 29.2. The topological polar surface area (TPSA) is 46.9 Å². The molecule has 0 aliphatic carbocycles. The fourth-order valence-corrected chi connectivity index (χ4v) is 15.2. The van der Waals surface area contributed by atoms with Crippen molar-refractivity contribution in [3.63, 3.8) is 0 Å². The number of rotatable bonds is 23. The third-order valence-corrected chi connectivity index (χ3v) is 21.2. The second kappa shape index (κ2) is 37.4. The predicted molar refractivity (Wildman–Crippen MR) is 495 cm³/mol. The zero-order valence-corrected chi connectivity index (χ0v) is 65.9. The molecule has 4 nitrogen and oxygen atoms in total. The molecule has 116 heavy (non-hydrogen) atoms. The summed E-state index contributed by atoms with van der Waals surface area (Å²) < 4.78 is 0. The van der Waals surface area contributed by atoms with Crippen molar-refractivity contribution in [2.45, 2.75) is 40.9 Å². The molecule has 0 saturated carbocycles. The minimum atomic E-state index is 0.00111. The fraction of sp³-hybridized carbons (Fsp3) is 0.0536. The third-order valence-electron chi connectivity index (χ3n) is 21.2. The number of fused-ring (bicyclic) bond motifs is 2. The van der Waals surface area contributed by atoms with Crippen LogP contribution in [-0.2, 0) is 13.2 Å². The van der Waals surface area contributed by atoms with Crippen molar-refractivity contribution in [3.8, 4) is 0 Å². The highest BCUT2D eigenvalue weighted by Gasteiger charge is 2.22. The van der Waals surface area contributed by atoms with Gasteiger partial charge in [-0.2, -0.15) is 0 Å². The van der Waals surface area contributed by atoms with E-state index in [9.17, 15) is 10.2 Å². The molecule has 0 bridgehead atoms. The average molecular weight is 1500 g/mol. The molecule has 0 radical (unpaired) electrons. The predicted octanol–water partition coefficient (Wildman–Crippen LogP) is 28.9. The molecule has 0 amide bonds. The first-order chi connectivity index (χ1) is 57.1. The molecule has 0 spiro atoms. The lowest BCUT2D eigenvalue weighted by Gasteiger charge is -2.29. The van der Waals surface area contributed by atoms with Crippen LogP contribution in [0.15, 0.2) is 425 Å². The number of aryl methyl sites for hydroxylation is 4. The van der Waals surface area contributed by atoms with Gasteiger partial charge in [-0.3, -0.25) is 0 Å². The minimum Gasteiger partial charge on any atom is -0.392 e. The van der Waals surface area contributed by atoms with E-state index in [4.69, 9.17) is 0 Å². The second-order valence-electron chi connectivity index (χ2n) is 29.2. The van der Waals surface area contributed by atoms with Crippen LogP contribution in [0, 0.1) is 27.7 Å². The molecule has 0 aliphatic heterocycles. The van der Waals surface area contributed by atoms with E-state index in [1.165, 1.54) is 88.7 Å². The van der Waals surface area contributed by atoms with E-state index in [0.717, 1.165) is 89.4 Å². The third kappa shape index (κ3) is 18.4. The van der Waals surface area contributed by atoms with Crippen molar-refractivity contribution in [1.29, 1.82) is 0 Å². The summed E-state index contributed by atoms with van der Waals surface area (Å²) in [6.07, 6.45) is 21.9. The van der Waals surface area contributed by atoms with E-state index in [1.54, 1.807) is 0 Å². The SMILES string of the molecule is Cc1cc(CO)ccc1N(c1ccc(/C=C/C=C(c2ccccc2)c2ccccc2)cc1)c1ccc(/C=C/C=C(c2ccccc2)c2ccccc2)c2ccccc12.Cc1ccc(C(=Cc2ccc(N(c3ccc(/C=C/C=C(c4ccccc4)c4ccccc4)cc3)c3ccc(CO)cc3C)c3ccccc23)c2ccc(C)cc2)cc1. The van der Waals surface area contributed by atoms with Crippen LogP contribution < -0.4 is 9.80 Å². The lowest BCUT2D eigenvalue weighted by atomic mass is 9.92. The fourth-order valence-electron chi connectivity index (χ4n) is 15.2. The quantitative estimate of drug-likeness (QED) is 0.0495. The molecule has 16 aromatic rings. The molecule has 4 heteroatoms. The standard InChI is InChI=1S/C56H47NO.C56H45NO/c1-40-21-28-47(29-22-40)54(48-30-23-41(2)24-31-48)38-49-32-36-56(53-19-11-10-18-52(49)53)57(55-35-27-44(39-58)37-42(55)3)50-33-25-43(26-34-50)13-12-20-51(45-14-6-4-7-15-45)46-16-8-5-9-17-46;1-42-40-44(41-58)34-38-55(42)57(50-36-32-43(33-37-50)18-16-30-51(45-19-6-2-7-20-45)46-21-8-3-9-22-46)56-39-35-49(53-28-14-15-29-54(53)56)27-17-31-52(47-23-10-4-11-24-47)48-25-12-5-13-26-48/h4-38,58H,39H2,1-3H3;2-40,58H,41H2,1H3/b13-12+;18-16+,27-17+. The number of aliphatic hydroxyl groups is 2. The van der Waals surface area contributed by atoms with E-state index in [1.807, 2.05) is 12.1 Å². The molecular weight excluding hydrogens is 1410 g/mol. The highest BCUT2D eigenvalue weighted by Crippen LogP contribution is 2.45. The zero-order valence-electron chi connectivity index (χ0n) is 65.9. The summed E-state index contributed by atoms with van der Waals surface area (Å²) in [5.74, 6) is 0. The maximum absolute atomic E-state index is 10.00. The number of hydrogen-bond donors (Lipinski definition) is 2. The lowest BCUT2D eigenvalue weighted by Crippen LogP contribution is -2.12. The normalized spacial score (nSPS) is 11.2. The van der Waals surface area contributed by atoms with Gasteiger partial charge in [-0.15, -0.1) is 0 Å². The number of anilines is 6. The van der Waals surface area contributed by atoms with Crippen LogP contribution in [0.4, 0.5) is 34.1 Å². The molecule has 2 N–H and O–H groups in total. The Balaban J connectivity index is 0.000000182. The monoisotopic (exact) mass is 1500 g/mol. The van der Waals surface area contributed by atoms with E-state index >= 15 is 0 Å². The van der Waals surface area contributed by atoms with Crippen LogP contribution in [0.2, 0.25) is 0 Å². The van der Waals surface area contributed by atoms with Crippen LogP contribution in [0.3, 0.4) is 0 Å². The molecule has 16 aromatic carbocycles. The number of hydrogen-bond acceptors (Lipinski definition) is 4. The molecule has 562 valence electrons. The molecule has 16 rings (SSSR count). The Morgan fingerprint density at radius 3 is 0.862 bits per heavy atom. The van der Waals surface area contributed by atoms with Crippen molar-refractivity contribution >= 4 is 102 Å². The molecular formula is C112H92N2O2. The number of aliphatic hydroxyl groups excluding tert-OH is 2. The summed E-state index contributed by atoms with van der Waals surface area (Å²) in [7, 11) is 0. The summed E-state index contributed by atoms with van der Waals surface area (Å²) in [5, 5.41) is 24.6. The molecule has 0 aromatic heterocycles. The first-order valence-corrected chi connectivity index (χ1v) is 39.7. The van der Waals surface area contributed by atoms with Gasteiger partial charge in [0.2, 0.25) is 0 Å². The van der Waals surface area contributed by atoms with E-state index in [2.05, 4.69) is 474 Å².